The maximum Gasteiger partial charge on any atom is 0.198 e. The molecule has 0 aromatic carbocycles. The number of allylic oxidation sites excluding steroid dienone is 3. The Kier molecular flexibility index (Phi) is 4.70. The van der Waals surface area contributed by atoms with E-state index in [1.807, 2.05) is 13.8 Å². The van der Waals surface area contributed by atoms with Crippen LogP contribution in [0.5, 0.6) is 0 Å². The molecule has 0 radical (unpaired) electrons. The number of hydrogen-bond acceptors (Lipinski definition) is 2. The molecule has 0 aliphatic heterocycles. The summed E-state index contributed by atoms with van der Waals surface area (Å²) >= 11 is 0. The molecule has 2 nitrogen and oxygen atoms in total. The highest BCUT2D eigenvalue weighted by molar-refractivity contribution is 7.98. The second-order valence-electron chi connectivity index (χ2n) is 2.75. The molecule has 0 fully saturated rings. The van der Waals surface area contributed by atoms with Crippen molar-refractivity contribution in [2.75, 3.05) is 0 Å². The lowest BCUT2D eigenvalue weighted by molar-refractivity contribution is 0.611. The molecular weight excluding hydrogens is 184 g/mol. The zero-order valence-corrected chi connectivity index (χ0v) is 9.19. The number of rotatable bonds is 4. The minimum Gasteiger partial charge on any atom is -0.219 e. The van der Waals surface area contributed by atoms with Crippen molar-refractivity contribution in [2.24, 2.45) is 0 Å². The molecule has 0 unspecified atom stereocenters. The Labute approximate surface area is 80.6 Å². The van der Waals surface area contributed by atoms with E-state index in [0.29, 0.717) is 4.91 Å². The first-order valence-corrected chi connectivity index (χ1v) is 5.73. The third-order valence-electron chi connectivity index (χ3n) is 1.78. The summed E-state index contributed by atoms with van der Waals surface area (Å²) in [6.07, 6.45) is 4.11. The van der Waals surface area contributed by atoms with Gasteiger partial charge in [-0.2, -0.15) is 0 Å². The molecule has 0 saturated heterocycles. The van der Waals surface area contributed by atoms with Gasteiger partial charge in [0.25, 0.3) is 0 Å². The molecule has 0 aliphatic rings. The summed E-state index contributed by atoms with van der Waals surface area (Å²) in [6, 6.07) is 0. The summed E-state index contributed by atoms with van der Waals surface area (Å²) in [5.41, 5.74) is 1.04. The molecule has 0 amide bonds. The first kappa shape index (κ1) is 12.2. The van der Waals surface area contributed by atoms with E-state index in [4.69, 9.17) is 0 Å². The highest BCUT2D eigenvalue weighted by atomic mass is 32.2. The quantitative estimate of drug-likeness (QED) is 0.654. The van der Waals surface area contributed by atoms with Crippen molar-refractivity contribution in [1.82, 2.24) is 0 Å². The molecule has 0 spiro atoms. The van der Waals surface area contributed by atoms with Crippen molar-refractivity contribution in [1.29, 1.82) is 0 Å². The van der Waals surface area contributed by atoms with Gasteiger partial charge in [-0.25, -0.2) is 8.42 Å². The van der Waals surface area contributed by atoms with Crippen LogP contribution in [-0.4, -0.2) is 8.42 Å². The van der Waals surface area contributed by atoms with E-state index in [2.05, 4.69) is 6.58 Å². The molecule has 74 valence electrons. The van der Waals surface area contributed by atoms with E-state index in [9.17, 15) is 8.42 Å². The van der Waals surface area contributed by atoms with Gasteiger partial charge in [0, 0.05) is 5.41 Å². The molecule has 0 aliphatic carbocycles. The predicted molar refractivity (Wildman–Crippen MR) is 56.9 cm³/mol. The first-order chi connectivity index (χ1) is 5.97. The van der Waals surface area contributed by atoms with E-state index in [1.54, 1.807) is 19.1 Å². The number of sulfone groups is 1. The topological polar surface area (TPSA) is 34.1 Å². The zero-order valence-electron chi connectivity index (χ0n) is 8.37. The van der Waals surface area contributed by atoms with Crippen LogP contribution >= 0.6 is 0 Å². The van der Waals surface area contributed by atoms with Crippen molar-refractivity contribution >= 4 is 9.84 Å². The van der Waals surface area contributed by atoms with Crippen LogP contribution in [0.1, 0.15) is 27.2 Å². The standard InChI is InChI=1S/C10H16O2S/c1-5-9(4)8-10(6-2)13(11,12)7-3/h6-8H,3,5H2,1-2,4H3. The molecular formula is C10H16O2S. The third kappa shape index (κ3) is 3.59. The molecule has 13 heavy (non-hydrogen) atoms. The molecule has 0 bridgehead atoms. The average Bonchev–Trinajstić information content (AvgIpc) is 2.13. The molecule has 0 atom stereocenters. The second kappa shape index (κ2) is 5.02. The summed E-state index contributed by atoms with van der Waals surface area (Å²) in [7, 11) is -3.27. The normalized spacial score (nSPS) is 14.4. The Hall–Kier alpha value is -0.830. The van der Waals surface area contributed by atoms with Gasteiger partial charge in [-0.1, -0.05) is 25.2 Å². The van der Waals surface area contributed by atoms with E-state index in [0.717, 1.165) is 17.4 Å². The largest absolute Gasteiger partial charge is 0.219 e. The van der Waals surface area contributed by atoms with Crippen molar-refractivity contribution in [3.8, 4) is 0 Å². The molecule has 3 heteroatoms. The van der Waals surface area contributed by atoms with Crippen LogP contribution in [0.15, 0.2) is 34.6 Å². The maximum atomic E-state index is 11.4. The van der Waals surface area contributed by atoms with Crippen molar-refractivity contribution in [3.63, 3.8) is 0 Å². The summed E-state index contributed by atoms with van der Waals surface area (Å²) in [5.74, 6) is 0. The van der Waals surface area contributed by atoms with E-state index in [-0.39, 0.29) is 0 Å². The van der Waals surface area contributed by atoms with Crippen LogP contribution in [0.25, 0.3) is 0 Å². The Bertz CT molecular complexity index is 332. The minimum atomic E-state index is -3.27. The number of hydrogen-bond donors (Lipinski definition) is 0. The highest BCUT2D eigenvalue weighted by Gasteiger charge is 2.09. The highest BCUT2D eigenvalue weighted by Crippen LogP contribution is 2.13. The van der Waals surface area contributed by atoms with Crippen LogP contribution in [0.4, 0.5) is 0 Å². The summed E-state index contributed by atoms with van der Waals surface area (Å²) in [6.45, 7) is 8.87. The Morgan fingerprint density at radius 3 is 2.31 bits per heavy atom. The van der Waals surface area contributed by atoms with Crippen molar-refractivity contribution < 1.29 is 8.42 Å². The van der Waals surface area contributed by atoms with Gasteiger partial charge in [0.1, 0.15) is 0 Å². The maximum absolute atomic E-state index is 11.4. The lowest BCUT2D eigenvalue weighted by atomic mass is 10.2. The van der Waals surface area contributed by atoms with E-state index in [1.165, 1.54) is 0 Å². The van der Waals surface area contributed by atoms with Gasteiger partial charge in [0.2, 0.25) is 0 Å². The monoisotopic (exact) mass is 200 g/mol. The van der Waals surface area contributed by atoms with Crippen LogP contribution in [0, 0.1) is 0 Å². The SMILES string of the molecule is C=CS(=O)(=O)C(C=C(C)CC)=CC. The van der Waals surface area contributed by atoms with Crippen LogP contribution < -0.4 is 0 Å². The lowest BCUT2D eigenvalue weighted by Gasteiger charge is -2.00. The smallest absolute Gasteiger partial charge is 0.198 e. The van der Waals surface area contributed by atoms with Crippen LogP contribution in [0.2, 0.25) is 0 Å². The lowest BCUT2D eigenvalue weighted by Crippen LogP contribution is -1.97. The second-order valence-corrected chi connectivity index (χ2v) is 4.64. The third-order valence-corrected chi connectivity index (χ3v) is 3.23. The molecule has 0 aromatic rings. The summed E-state index contributed by atoms with van der Waals surface area (Å²) in [4.78, 5) is 0.321. The van der Waals surface area contributed by atoms with E-state index < -0.39 is 9.84 Å². The van der Waals surface area contributed by atoms with Crippen molar-refractivity contribution in [3.05, 3.63) is 34.6 Å². The fourth-order valence-electron chi connectivity index (χ4n) is 0.771. The Balaban J connectivity index is 5.09. The molecule has 0 N–H and O–H groups in total. The first-order valence-electron chi connectivity index (χ1n) is 4.19. The summed E-state index contributed by atoms with van der Waals surface area (Å²) < 4.78 is 22.7. The van der Waals surface area contributed by atoms with Gasteiger partial charge in [-0.3, -0.25) is 0 Å². The Morgan fingerprint density at radius 1 is 1.46 bits per heavy atom. The van der Waals surface area contributed by atoms with Crippen LogP contribution in [0.3, 0.4) is 0 Å². The molecule has 0 rings (SSSR count). The minimum absolute atomic E-state index is 0.321. The molecule has 0 saturated carbocycles. The fraction of sp³-hybridized carbons (Fsp3) is 0.400. The van der Waals surface area contributed by atoms with Gasteiger partial charge in [-0.05, 0) is 26.3 Å². The Morgan fingerprint density at radius 2 is 2.00 bits per heavy atom. The van der Waals surface area contributed by atoms with Crippen LogP contribution in [-0.2, 0) is 9.84 Å². The van der Waals surface area contributed by atoms with Gasteiger partial charge in [0.15, 0.2) is 9.84 Å². The fourth-order valence-corrected chi connectivity index (χ4v) is 1.66. The average molecular weight is 200 g/mol. The zero-order chi connectivity index (χ0) is 10.5. The van der Waals surface area contributed by atoms with Gasteiger partial charge < -0.3 is 0 Å². The summed E-state index contributed by atoms with van der Waals surface area (Å²) in [5, 5.41) is 0.974. The molecule has 0 aromatic heterocycles. The molecule has 0 heterocycles. The van der Waals surface area contributed by atoms with Gasteiger partial charge in [0.05, 0.1) is 4.91 Å². The predicted octanol–water partition coefficient (Wildman–Crippen LogP) is 2.80. The van der Waals surface area contributed by atoms with Gasteiger partial charge >= 0.3 is 0 Å². The van der Waals surface area contributed by atoms with E-state index >= 15 is 0 Å². The van der Waals surface area contributed by atoms with Crippen molar-refractivity contribution in [2.45, 2.75) is 27.2 Å². The van der Waals surface area contributed by atoms with Gasteiger partial charge in [-0.15, -0.1) is 0 Å².